The zero-order valence-electron chi connectivity index (χ0n) is 7.86. The van der Waals surface area contributed by atoms with Crippen molar-refractivity contribution in [2.45, 2.75) is 6.42 Å². The lowest BCUT2D eigenvalue weighted by Gasteiger charge is -1.96. The molecule has 4 nitrogen and oxygen atoms in total. The van der Waals surface area contributed by atoms with Crippen molar-refractivity contribution in [2.24, 2.45) is 5.16 Å². The maximum Gasteiger partial charge on any atom is 0.208 e. The number of hydrogen-bond acceptors (Lipinski definition) is 4. The van der Waals surface area contributed by atoms with E-state index >= 15 is 0 Å². The molecule has 0 unspecified atom stereocenters. The zero-order valence-corrected chi connectivity index (χ0v) is 8.67. The van der Waals surface area contributed by atoms with Crippen molar-refractivity contribution in [3.63, 3.8) is 0 Å². The molecule has 0 bridgehead atoms. The molecular weight excluding hydrogens is 210 g/mol. The zero-order chi connectivity index (χ0) is 10.1. The third-order valence-corrected chi connectivity index (χ3v) is 2.85. The summed E-state index contributed by atoms with van der Waals surface area (Å²) in [4.78, 5) is 3.23. The molecule has 1 aromatic carbocycles. The number of fused-ring (bicyclic) bond motifs is 1. The van der Waals surface area contributed by atoms with E-state index < -0.39 is 0 Å². The van der Waals surface area contributed by atoms with E-state index in [4.69, 9.17) is 4.28 Å². The van der Waals surface area contributed by atoms with E-state index in [0.717, 1.165) is 30.0 Å². The van der Waals surface area contributed by atoms with Crippen LogP contribution in [0.25, 0.3) is 10.9 Å². The van der Waals surface area contributed by atoms with Gasteiger partial charge in [-0.2, -0.15) is 0 Å². The number of nitrogens with zero attached hydrogens (tertiary/aromatic N) is 1. The first-order valence-corrected chi connectivity index (χ1v) is 5.38. The number of nitrogens with one attached hydrogen (secondary N) is 2. The number of rotatable bonds is 2. The van der Waals surface area contributed by atoms with Crippen LogP contribution in [0.15, 0.2) is 35.6 Å². The van der Waals surface area contributed by atoms with Gasteiger partial charge in [0.05, 0.1) is 0 Å². The van der Waals surface area contributed by atoms with Gasteiger partial charge in [-0.05, 0) is 11.6 Å². The van der Waals surface area contributed by atoms with E-state index in [2.05, 4.69) is 27.0 Å². The Morgan fingerprint density at radius 3 is 3.13 bits per heavy atom. The fourth-order valence-corrected chi connectivity index (χ4v) is 2.05. The minimum absolute atomic E-state index is 0.761. The summed E-state index contributed by atoms with van der Waals surface area (Å²) in [5, 5.41) is 5.11. The van der Waals surface area contributed by atoms with Crippen molar-refractivity contribution >= 4 is 29.0 Å². The highest BCUT2D eigenvalue weighted by molar-refractivity contribution is 7.93. The summed E-state index contributed by atoms with van der Waals surface area (Å²) in [6.07, 6.45) is 2.77. The molecule has 0 atom stereocenters. The minimum atomic E-state index is 0.761. The van der Waals surface area contributed by atoms with Crippen molar-refractivity contribution in [3.8, 4) is 0 Å². The van der Waals surface area contributed by atoms with Gasteiger partial charge in [-0.25, -0.2) is 0 Å². The van der Waals surface area contributed by atoms with Crippen LogP contribution < -0.4 is 4.72 Å². The minimum Gasteiger partial charge on any atom is -0.361 e. The highest BCUT2D eigenvalue weighted by Gasteiger charge is 2.11. The largest absolute Gasteiger partial charge is 0.361 e. The maximum atomic E-state index is 4.80. The van der Waals surface area contributed by atoms with Gasteiger partial charge in [-0.1, -0.05) is 23.4 Å². The van der Waals surface area contributed by atoms with Crippen LogP contribution in [-0.4, -0.2) is 10.8 Å². The number of oxime groups is 1. The number of amidine groups is 1. The molecule has 0 spiro atoms. The van der Waals surface area contributed by atoms with E-state index in [1.807, 2.05) is 18.3 Å². The Morgan fingerprint density at radius 1 is 1.33 bits per heavy atom. The lowest BCUT2D eigenvalue weighted by Crippen LogP contribution is -2.13. The first-order chi connectivity index (χ1) is 7.43. The Morgan fingerprint density at radius 2 is 2.27 bits per heavy atom. The molecular formula is C10H9N3OS. The molecule has 5 heteroatoms. The van der Waals surface area contributed by atoms with Gasteiger partial charge in [-0.3, -0.25) is 9.01 Å². The molecule has 76 valence electrons. The molecule has 0 saturated heterocycles. The van der Waals surface area contributed by atoms with Crippen LogP contribution in [0, 0.1) is 0 Å². The molecule has 0 amide bonds. The van der Waals surface area contributed by atoms with Gasteiger partial charge in [0.2, 0.25) is 12.2 Å². The summed E-state index contributed by atoms with van der Waals surface area (Å²) in [5.41, 5.74) is 2.38. The molecule has 2 N–H and O–H groups in total. The normalized spacial score (nSPS) is 14.8. The van der Waals surface area contributed by atoms with Crippen LogP contribution >= 0.6 is 12.2 Å². The lowest BCUT2D eigenvalue weighted by atomic mass is 10.1. The van der Waals surface area contributed by atoms with Gasteiger partial charge in [0.15, 0.2) is 5.84 Å². The Kier molecular flexibility index (Phi) is 2.03. The van der Waals surface area contributed by atoms with Gasteiger partial charge < -0.3 is 4.98 Å². The molecule has 0 radical (unpaired) electrons. The SMILES string of the molecule is c1ccc2c(CC3=NOSN3)c[nH]c2c1. The lowest BCUT2D eigenvalue weighted by molar-refractivity contribution is 0.415. The molecule has 0 saturated carbocycles. The summed E-state index contributed by atoms with van der Waals surface area (Å²) < 4.78 is 7.79. The van der Waals surface area contributed by atoms with Crippen molar-refractivity contribution in [1.82, 2.24) is 9.71 Å². The third-order valence-electron chi connectivity index (χ3n) is 2.38. The van der Waals surface area contributed by atoms with Gasteiger partial charge >= 0.3 is 0 Å². The topological polar surface area (TPSA) is 49.4 Å². The summed E-state index contributed by atoms with van der Waals surface area (Å²) in [6.45, 7) is 0. The Balaban J connectivity index is 1.97. The van der Waals surface area contributed by atoms with E-state index in [9.17, 15) is 0 Å². The quantitative estimate of drug-likeness (QED) is 0.601. The fraction of sp³-hybridized carbons (Fsp3) is 0.100. The average Bonchev–Trinajstić information content (AvgIpc) is 2.89. The van der Waals surface area contributed by atoms with Crippen LogP contribution in [0.2, 0.25) is 0 Å². The highest BCUT2D eigenvalue weighted by atomic mass is 32.2. The number of aromatic amines is 1. The standard InChI is InChI=1S/C10H9N3OS/c1-2-4-9-8(3-1)7(6-11-9)5-10-12-14-15-13-10/h1-4,6,11H,5H2,(H,12,13). The van der Waals surface area contributed by atoms with Crippen LogP contribution in [0.1, 0.15) is 5.56 Å². The summed E-state index contributed by atoms with van der Waals surface area (Å²) in [5.74, 6) is 0.852. The molecule has 1 aliphatic heterocycles. The van der Waals surface area contributed by atoms with Gasteiger partial charge in [0, 0.05) is 23.5 Å². The molecule has 2 heterocycles. The van der Waals surface area contributed by atoms with Crippen molar-refractivity contribution in [2.75, 3.05) is 0 Å². The summed E-state index contributed by atoms with van der Waals surface area (Å²) >= 11 is 1.15. The molecule has 1 aliphatic rings. The van der Waals surface area contributed by atoms with E-state index in [1.54, 1.807) is 0 Å². The molecule has 3 rings (SSSR count). The van der Waals surface area contributed by atoms with E-state index in [0.29, 0.717) is 0 Å². The van der Waals surface area contributed by atoms with Gasteiger partial charge in [0.25, 0.3) is 0 Å². The molecule has 0 fully saturated rings. The monoisotopic (exact) mass is 219 g/mol. The van der Waals surface area contributed by atoms with E-state index in [1.165, 1.54) is 10.9 Å². The highest BCUT2D eigenvalue weighted by Crippen LogP contribution is 2.19. The van der Waals surface area contributed by atoms with E-state index in [-0.39, 0.29) is 0 Å². The van der Waals surface area contributed by atoms with Gasteiger partial charge in [-0.15, -0.1) is 0 Å². The number of H-pyrrole nitrogens is 1. The van der Waals surface area contributed by atoms with Crippen LogP contribution in [0.3, 0.4) is 0 Å². The van der Waals surface area contributed by atoms with Crippen molar-refractivity contribution in [1.29, 1.82) is 0 Å². The summed E-state index contributed by atoms with van der Waals surface area (Å²) in [6, 6.07) is 8.22. The Bertz CT molecular complexity index is 520. The molecule has 2 aromatic rings. The number of benzene rings is 1. The second kappa shape index (κ2) is 3.51. The van der Waals surface area contributed by atoms with Gasteiger partial charge in [0.1, 0.15) is 0 Å². The molecule has 1 aromatic heterocycles. The number of aromatic nitrogens is 1. The predicted molar refractivity (Wildman–Crippen MR) is 61.2 cm³/mol. The first kappa shape index (κ1) is 8.67. The van der Waals surface area contributed by atoms with Crippen LogP contribution in [-0.2, 0) is 10.7 Å². The molecule has 0 aliphatic carbocycles. The second-order valence-corrected chi connectivity index (χ2v) is 3.85. The Labute approximate surface area is 91.0 Å². The van der Waals surface area contributed by atoms with Crippen molar-refractivity contribution in [3.05, 3.63) is 36.0 Å². The average molecular weight is 219 g/mol. The molecule has 15 heavy (non-hydrogen) atoms. The first-order valence-electron chi connectivity index (χ1n) is 4.64. The van der Waals surface area contributed by atoms with Crippen LogP contribution in [0.4, 0.5) is 0 Å². The predicted octanol–water partition coefficient (Wildman–Crippen LogP) is 2.21. The Hall–Kier alpha value is -1.62. The number of hydrogen-bond donors (Lipinski definition) is 2. The number of para-hydroxylation sites is 1. The fourth-order valence-electron chi connectivity index (χ4n) is 1.68. The van der Waals surface area contributed by atoms with Crippen LogP contribution in [0.5, 0.6) is 0 Å². The van der Waals surface area contributed by atoms with Crippen molar-refractivity contribution < 1.29 is 4.28 Å². The maximum absolute atomic E-state index is 4.80. The summed E-state index contributed by atoms with van der Waals surface area (Å²) in [7, 11) is 0. The second-order valence-electron chi connectivity index (χ2n) is 3.33. The third kappa shape index (κ3) is 1.55. The smallest absolute Gasteiger partial charge is 0.208 e.